The molecule has 0 radical (unpaired) electrons. The van der Waals surface area contributed by atoms with Crippen LogP contribution in [0.4, 0.5) is 0 Å². The first-order valence-corrected chi connectivity index (χ1v) is 10.7. The largest absolute Gasteiger partial charge is 0.471 e. The molecule has 2 nitrogen and oxygen atoms in total. The molecule has 0 saturated heterocycles. The number of hydrogen-bond donors (Lipinski definition) is 1. The van der Waals surface area contributed by atoms with E-state index in [0.717, 1.165) is 24.0 Å². The predicted molar refractivity (Wildman–Crippen MR) is 80.2 cm³/mol. The summed E-state index contributed by atoms with van der Waals surface area (Å²) in [6.07, 6.45) is 6.17. The number of rotatable bonds is 8. The van der Waals surface area contributed by atoms with Crippen molar-refractivity contribution in [1.29, 1.82) is 0 Å². The maximum Gasteiger partial charge on any atom is 0.123 e. The average Bonchev–Trinajstić information content (AvgIpc) is 2.72. The summed E-state index contributed by atoms with van der Waals surface area (Å²) in [5.74, 6) is 0.940. The Labute approximate surface area is 112 Å². The zero-order chi connectivity index (χ0) is 13.6. The lowest BCUT2D eigenvalue weighted by molar-refractivity contribution is 0.154. The summed E-state index contributed by atoms with van der Waals surface area (Å²) >= 11 is 0. The van der Waals surface area contributed by atoms with E-state index in [0.29, 0.717) is 6.42 Å². The van der Waals surface area contributed by atoms with Crippen LogP contribution in [0.15, 0.2) is 16.5 Å². The molecule has 3 heteroatoms. The van der Waals surface area contributed by atoms with Gasteiger partial charge in [0, 0.05) is 6.42 Å². The molecular formula is C15H28O2Si. The van der Waals surface area contributed by atoms with Crippen LogP contribution in [0.5, 0.6) is 0 Å². The fourth-order valence-electron chi connectivity index (χ4n) is 2.03. The molecule has 1 aromatic heterocycles. The fraction of sp³-hybridized carbons (Fsp3) is 0.733. The number of aliphatic hydroxyl groups excluding tert-OH is 1. The lowest BCUT2D eigenvalue weighted by atomic mass is 10.1. The van der Waals surface area contributed by atoms with Crippen LogP contribution in [0.2, 0.25) is 19.6 Å². The first kappa shape index (κ1) is 15.5. The molecule has 0 fully saturated rings. The first-order valence-electron chi connectivity index (χ1n) is 7.20. The van der Waals surface area contributed by atoms with Crippen molar-refractivity contribution in [2.24, 2.45) is 0 Å². The molecule has 0 saturated carbocycles. The Morgan fingerprint density at radius 3 is 2.44 bits per heavy atom. The lowest BCUT2D eigenvalue weighted by Crippen LogP contribution is -2.36. The smallest absolute Gasteiger partial charge is 0.123 e. The Balaban J connectivity index is 2.35. The number of furan rings is 1. The van der Waals surface area contributed by atoms with Gasteiger partial charge in [-0.25, -0.2) is 0 Å². The van der Waals surface area contributed by atoms with Crippen LogP contribution in [-0.2, 0) is 6.42 Å². The summed E-state index contributed by atoms with van der Waals surface area (Å²) in [6.45, 7) is 9.03. The molecule has 1 N–H and O–H groups in total. The van der Waals surface area contributed by atoms with Gasteiger partial charge in [0.05, 0.1) is 11.5 Å². The van der Waals surface area contributed by atoms with Crippen LogP contribution in [0, 0.1) is 0 Å². The molecular weight excluding hydrogens is 240 g/mol. The van der Waals surface area contributed by atoms with Gasteiger partial charge >= 0.3 is 0 Å². The van der Waals surface area contributed by atoms with Gasteiger partial charge in [0.2, 0.25) is 0 Å². The molecule has 104 valence electrons. The van der Waals surface area contributed by atoms with Crippen LogP contribution in [0.25, 0.3) is 0 Å². The van der Waals surface area contributed by atoms with Crippen molar-refractivity contribution in [3.63, 3.8) is 0 Å². The summed E-state index contributed by atoms with van der Waals surface area (Å²) in [4.78, 5) is 0. The topological polar surface area (TPSA) is 33.4 Å². The SMILES string of the molecule is CCCCCCC(O)Cc1ccc([Si](C)(C)C)o1. The van der Waals surface area contributed by atoms with Gasteiger partial charge in [-0.1, -0.05) is 52.2 Å². The molecule has 1 atom stereocenters. The van der Waals surface area contributed by atoms with Gasteiger partial charge < -0.3 is 9.52 Å². The van der Waals surface area contributed by atoms with E-state index in [1.165, 1.54) is 19.3 Å². The van der Waals surface area contributed by atoms with Crippen LogP contribution >= 0.6 is 0 Å². The van der Waals surface area contributed by atoms with Gasteiger partial charge in [-0.05, 0) is 18.6 Å². The van der Waals surface area contributed by atoms with E-state index >= 15 is 0 Å². The van der Waals surface area contributed by atoms with E-state index in [1.54, 1.807) is 0 Å². The standard InChI is InChI=1S/C15H28O2Si/c1-5-6-7-8-9-13(16)12-14-10-11-15(17-14)18(2,3)4/h10-11,13,16H,5-9,12H2,1-4H3. The first-order chi connectivity index (χ1) is 8.43. The molecule has 0 aliphatic carbocycles. The van der Waals surface area contributed by atoms with Gasteiger partial charge in [0.25, 0.3) is 0 Å². The summed E-state index contributed by atoms with van der Waals surface area (Å²) in [5.41, 5.74) is 0. The minimum atomic E-state index is -1.35. The molecule has 0 spiro atoms. The molecule has 1 unspecified atom stereocenters. The summed E-state index contributed by atoms with van der Waals surface area (Å²) in [5, 5.41) is 11.1. The van der Waals surface area contributed by atoms with Crippen molar-refractivity contribution in [2.75, 3.05) is 0 Å². The van der Waals surface area contributed by atoms with E-state index < -0.39 is 8.07 Å². The highest BCUT2D eigenvalue weighted by molar-refractivity contribution is 6.87. The van der Waals surface area contributed by atoms with Crippen molar-refractivity contribution in [3.05, 3.63) is 17.9 Å². The predicted octanol–water partition coefficient (Wildman–Crippen LogP) is 3.70. The Morgan fingerprint density at radius 1 is 1.17 bits per heavy atom. The van der Waals surface area contributed by atoms with Crippen molar-refractivity contribution in [1.82, 2.24) is 0 Å². The maximum absolute atomic E-state index is 9.97. The summed E-state index contributed by atoms with van der Waals surface area (Å²) < 4.78 is 5.85. The third-order valence-corrected chi connectivity index (χ3v) is 4.98. The Bertz CT molecular complexity index is 339. The highest BCUT2D eigenvalue weighted by atomic mass is 28.3. The second kappa shape index (κ2) is 7.15. The Hall–Kier alpha value is -0.543. The molecule has 1 heterocycles. The van der Waals surface area contributed by atoms with Crippen LogP contribution < -0.4 is 5.38 Å². The van der Waals surface area contributed by atoms with Crippen LogP contribution in [0.1, 0.15) is 44.8 Å². The summed E-state index contributed by atoms with van der Waals surface area (Å²) in [7, 11) is -1.35. The Morgan fingerprint density at radius 2 is 1.89 bits per heavy atom. The van der Waals surface area contributed by atoms with E-state index in [9.17, 15) is 5.11 Å². The zero-order valence-electron chi connectivity index (χ0n) is 12.3. The third-order valence-electron chi connectivity index (χ3n) is 3.23. The van der Waals surface area contributed by atoms with Gasteiger partial charge in [-0.3, -0.25) is 0 Å². The Kier molecular flexibility index (Phi) is 6.16. The molecule has 1 rings (SSSR count). The zero-order valence-corrected chi connectivity index (χ0v) is 13.3. The van der Waals surface area contributed by atoms with Gasteiger partial charge in [-0.2, -0.15) is 0 Å². The fourth-order valence-corrected chi connectivity index (χ4v) is 3.05. The maximum atomic E-state index is 9.97. The molecule has 0 aliphatic heterocycles. The number of unbranched alkanes of at least 4 members (excludes halogenated alkanes) is 3. The number of aliphatic hydroxyl groups is 1. The average molecular weight is 268 g/mol. The second-order valence-corrected chi connectivity index (χ2v) is 11.2. The van der Waals surface area contributed by atoms with Gasteiger partial charge in [0.1, 0.15) is 13.8 Å². The van der Waals surface area contributed by atoms with Gasteiger partial charge in [0.15, 0.2) is 0 Å². The van der Waals surface area contributed by atoms with Crippen molar-refractivity contribution in [3.8, 4) is 0 Å². The van der Waals surface area contributed by atoms with Crippen LogP contribution in [-0.4, -0.2) is 19.3 Å². The van der Waals surface area contributed by atoms with E-state index in [1.807, 2.05) is 6.07 Å². The molecule has 0 bridgehead atoms. The quantitative estimate of drug-likeness (QED) is 0.576. The minimum absolute atomic E-state index is 0.248. The monoisotopic (exact) mass is 268 g/mol. The lowest BCUT2D eigenvalue weighted by Gasteiger charge is -2.12. The van der Waals surface area contributed by atoms with Crippen molar-refractivity contribution >= 4 is 13.5 Å². The van der Waals surface area contributed by atoms with Crippen molar-refractivity contribution in [2.45, 2.75) is 71.2 Å². The molecule has 18 heavy (non-hydrogen) atoms. The normalized spacial score (nSPS) is 13.8. The molecule has 0 aromatic carbocycles. The summed E-state index contributed by atoms with van der Waals surface area (Å²) in [6, 6.07) is 4.12. The van der Waals surface area contributed by atoms with E-state index in [4.69, 9.17) is 4.42 Å². The van der Waals surface area contributed by atoms with E-state index in [-0.39, 0.29) is 6.10 Å². The molecule has 0 amide bonds. The van der Waals surface area contributed by atoms with Crippen molar-refractivity contribution < 1.29 is 9.52 Å². The van der Waals surface area contributed by atoms with Gasteiger partial charge in [-0.15, -0.1) is 0 Å². The highest BCUT2D eigenvalue weighted by Gasteiger charge is 2.21. The third kappa shape index (κ3) is 5.40. The number of hydrogen-bond acceptors (Lipinski definition) is 2. The highest BCUT2D eigenvalue weighted by Crippen LogP contribution is 2.12. The molecule has 1 aromatic rings. The minimum Gasteiger partial charge on any atom is -0.471 e. The van der Waals surface area contributed by atoms with E-state index in [2.05, 4.69) is 32.6 Å². The van der Waals surface area contributed by atoms with Crippen LogP contribution in [0.3, 0.4) is 0 Å². The molecule has 0 aliphatic rings. The second-order valence-electron chi connectivity index (χ2n) is 6.22.